The van der Waals surface area contributed by atoms with Crippen molar-refractivity contribution in [1.29, 1.82) is 0 Å². The van der Waals surface area contributed by atoms with E-state index in [-0.39, 0.29) is 17.1 Å². The lowest BCUT2D eigenvalue weighted by molar-refractivity contribution is -0.117. The van der Waals surface area contributed by atoms with Gasteiger partial charge in [-0.25, -0.2) is 0 Å². The van der Waals surface area contributed by atoms with Gasteiger partial charge in [-0.2, -0.15) is 0 Å². The third-order valence-corrected chi connectivity index (χ3v) is 11.7. The van der Waals surface area contributed by atoms with E-state index in [4.69, 9.17) is 9.16 Å². The highest BCUT2D eigenvalue weighted by molar-refractivity contribution is 6.73. The van der Waals surface area contributed by atoms with Gasteiger partial charge >= 0.3 is 0 Å². The van der Waals surface area contributed by atoms with Crippen LogP contribution in [0, 0.1) is 5.41 Å². The normalized spacial score (nSPS) is 32.9. The molecule has 0 aromatic carbocycles. The molecule has 0 amide bonds. The molecule has 4 heteroatoms. The Hall–Kier alpha value is -0.193. The predicted octanol–water partition coefficient (Wildman–Crippen LogP) is 6.26. The molecule has 152 valence electrons. The first-order chi connectivity index (χ1) is 12.2. The molecule has 0 aromatic rings. The van der Waals surface area contributed by atoms with Gasteiger partial charge in [0.1, 0.15) is 5.60 Å². The molecule has 2 aliphatic rings. The number of aldehydes is 1. The molecule has 3 nitrogen and oxygen atoms in total. The van der Waals surface area contributed by atoms with Gasteiger partial charge in [-0.15, -0.1) is 0 Å². The fourth-order valence-corrected chi connectivity index (χ4v) is 10.4. The fraction of sp³-hybridized carbons (Fsp3) is 0.955. The Morgan fingerprint density at radius 2 is 1.46 bits per heavy atom. The Bertz CT molecular complexity index is 456. The summed E-state index contributed by atoms with van der Waals surface area (Å²) >= 11 is 0. The van der Waals surface area contributed by atoms with Crippen molar-refractivity contribution in [3.05, 3.63) is 0 Å². The van der Waals surface area contributed by atoms with Crippen LogP contribution in [0.15, 0.2) is 0 Å². The van der Waals surface area contributed by atoms with Crippen LogP contribution in [0.3, 0.4) is 0 Å². The largest absolute Gasteiger partial charge is 0.414 e. The van der Waals surface area contributed by atoms with Crippen LogP contribution in [-0.2, 0) is 14.0 Å². The predicted molar refractivity (Wildman–Crippen MR) is 111 cm³/mol. The lowest BCUT2D eigenvalue weighted by Gasteiger charge is -2.44. The van der Waals surface area contributed by atoms with E-state index in [1.54, 1.807) is 0 Å². The van der Waals surface area contributed by atoms with Gasteiger partial charge in [0.05, 0.1) is 0 Å². The lowest BCUT2D eigenvalue weighted by atomic mass is 9.64. The van der Waals surface area contributed by atoms with Crippen molar-refractivity contribution in [3.63, 3.8) is 0 Å². The average Bonchev–Trinajstić information content (AvgIpc) is 3.22. The number of unbranched alkanes of at least 4 members (excludes halogenated alkanes) is 3. The second kappa shape index (κ2) is 8.44. The van der Waals surface area contributed by atoms with Crippen molar-refractivity contribution in [1.82, 2.24) is 0 Å². The highest BCUT2D eigenvalue weighted by Gasteiger charge is 2.76. The maximum atomic E-state index is 11.8. The zero-order valence-corrected chi connectivity index (χ0v) is 19.2. The van der Waals surface area contributed by atoms with E-state index in [2.05, 4.69) is 41.5 Å². The van der Waals surface area contributed by atoms with Crippen LogP contribution in [0.1, 0.15) is 92.9 Å². The first-order valence-electron chi connectivity index (χ1n) is 11.1. The summed E-state index contributed by atoms with van der Waals surface area (Å²) in [5.74, 6) is 0. The van der Waals surface area contributed by atoms with E-state index in [1.807, 2.05) is 0 Å². The summed E-state index contributed by atoms with van der Waals surface area (Å²) in [6.07, 6.45) is 10.8. The Balaban J connectivity index is 2.17. The van der Waals surface area contributed by atoms with Gasteiger partial charge in [-0.3, -0.25) is 4.79 Å². The summed E-state index contributed by atoms with van der Waals surface area (Å²) in [5.41, 5.74) is -1.05. The summed E-state index contributed by atoms with van der Waals surface area (Å²) < 4.78 is 13.2. The molecule has 1 aliphatic heterocycles. The van der Waals surface area contributed by atoms with Gasteiger partial charge in [-0.05, 0) is 31.5 Å². The molecule has 2 fully saturated rings. The molecule has 1 saturated carbocycles. The van der Waals surface area contributed by atoms with Gasteiger partial charge in [0.25, 0.3) is 0 Å². The first kappa shape index (κ1) is 22.1. The van der Waals surface area contributed by atoms with E-state index in [9.17, 15) is 4.79 Å². The highest BCUT2D eigenvalue weighted by Crippen LogP contribution is 2.64. The minimum absolute atomic E-state index is 0.146. The Labute approximate surface area is 162 Å². The maximum absolute atomic E-state index is 11.8. The van der Waals surface area contributed by atoms with Crippen LogP contribution in [0.25, 0.3) is 0 Å². The van der Waals surface area contributed by atoms with E-state index >= 15 is 0 Å². The summed E-state index contributed by atoms with van der Waals surface area (Å²) in [4.78, 5) is 11.8. The fourth-order valence-electron chi connectivity index (χ4n) is 5.40. The zero-order valence-electron chi connectivity index (χ0n) is 18.2. The number of epoxide rings is 1. The van der Waals surface area contributed by atoms with Crippen LogP contribution >= 0.6 is 0 Å². The summed E-state index contributed by atoms with van der Waals surface area (Å²) in [6.45, 7) is 13.4. The quantitative estimate of drug-likeness (QED) is 0.227. The Kier molecular flexibility index (Phi) is 7.18. The second-order valence-electron chi connectivity index (χ2n) is 9.71. The highest BCUT2D eigenvalue weighted by atomic mass is 28.4. The SMILES string of the molecule is CCCC[Si](CCCC)(CCCC)O[C@H]1CC(C)(C)[C@]2(C=O)O[C@]2(C)C1. The standard InChI is InChI=1S/C22H42O3Si/c1-7-10-13-26(14-11-8-2,15-12-9-3)24-19-16-20(4,5)22(18-23)21(6,17-19)25-22/h18-19H,7-17H2,1-6H3/t19-,21+,22-/m0/s1. The molecule has 1 aliphatic carbocycles. The first-order valence-corrected chi connectivity index (χ1v) is 13.6. The van der Waals surface area contributed by atoms with Gasteiger partial charge in [0.2, 0.25) is 0 Å². The van der Waals surface area contributed by atoms with Gasteiger partial charge in [-0.1, -0.05) is 73.1 Å². The number of rotatable bonds is 12. The molecule has 0 aromatic heterocycles. The third-order valence-electron chi connectivity index (χ3n) is 7.03. The number of hydrogen-bond acceptors (Lipinski definition) is 3. The van der Waals surface area contributed by atoms with E-state index < -0.39 is 13.9 Å². The molecule has 0 bridgehead atoms. The van der Waals surface area contributed by atoms with Crippen molar-refractivity contribution < 1.29 is 14.0 Å². The number of fused-ring (bicyclic) bond motifs is 1. The summed E-state index contributed by atoms with van der Waals surface area (Å²) in [5, 5.41) is 0. The number of carbonyl (C=O) groups excluding carboxylic acids is 1. The molecular weight excluding hydrogens is 340 g/mol. The van der Waals surface area contributed by atoms with Crippen molar-refractivity contribution in [2.75, 3.05) is 0 Å². The van der Waals surface area contributed by atoms with Crippen molar-refractivity contribution >= 4 is 14.6 Å². The number of ether oxygens (including phenoxy) is 1. The summed E-state index contributed by atoms with van der Waals surface area (Å²) in [7, 11) is -1.73. The molecule has 0 spiro atoms. The molecule has 26 heavy (non-hydrogen) atoms. The molecule has 1 saturated heterocycles. The van der Waals surface area contributed by atoms with E-state index in [1.165, 1.54) is 56.7 Å². The molecule has 3 atom stereocenters. The second-order valence-corrected chi connectivity index (χ2v) is 13.8. The van der Waals surface area contributed by atoms with Crippen molar-refractivity contribution in [3.8, 4) is 0 Å². The van der Waals surface area contributed by atoms with Gasteiger partial charge < -0.3 is 9.16 Å². The zero-order chi connectivity index (χ0) is 19.5. The van der Waals surface area contributed by atoms with Crippen molar-refractivity contribution in [2.45, 2.75) is 128 Å². The van der Waals surface area contributed by atoms with E-state index in [0.29, 0.717) is 0 Å². The minimum atomic E-state index is -1.73. The van der Waals surface area contributed by atoms with Crippen LogP contribution in [0.4, 0.5) is 0 Å². The number of carbonyl (C=O) groups is 1. The van der Waals surface area contributed by atoms with Gasteiger partial charge in [0.15, 0.2) is 20.2 Å². The molecule has 2 rings (SSSR count). The van der Waals surface area contributed by atoms with Crippen LogP contribution in [-0.4, -0.2) is 31.9 Å². The average molecular weight is 383 g/mol. The smallest absolute Gasteiger partial charge is 0.193 e. The van der Waals surface area contributed by atoms with Crippen LogP contribution in [0.5, 0.6) is 0 Å². The summed E-state index contributed by atoms with van der Waals surface area (Å²) in [6, 6.07) is 3.91. The molecule has 1 heterocycles. The number of hydrogen-bond donors (Lipinski definition) is 0. The Morgan fingerprint density at radius 1 is 0.962 bits per heavy atom. The van der Waals surface area contributed by atoms with Crippen LogP contribution in [0.2, 0.25) is 18.1 Å². The molecule has 0 radical (unpaired) electrons. The molecule has 0 N–H and O–H groups in total. The van der Waals surface area contributed by atoms with Crippen molar-refractivity contribution in [2.24, 2.45) is 5.41 Å². The maximum Gasteiger partial charge on any atom is 0.193 e. The Morgan fingerprint density at radius 3 is 1.85 bits per heavy atom. The molecule has 0 unspecified atom stereocenters. The monoisotopic (exact) mass is 382 g/mol. The van der Waals surface area contributed by atoms with Crippen LogP contribution < -0.4 is 0 Å². The van der Waals surface area contributed by atoms with Gasteiger partial charge in [0, 0.05) is 17.9 Å². The minimum Gasteiger partial charge on any atom is -0.414 e. The topological polar surface area (TPSA) is 38.8 Å². The molecular formula is C22H42O3Si. The third kappa shape index (κ3) is 4.12. The lowest BCUT2D eigenvalue weighted by Crippen LogP contribution is -2.52. The van der Waals surface area contributed by atoms with E-state index in [0.717, 1.165) is 19.1 Å².